The zero-order valence-electron chi connectivity index (χ0n) is 18.8. The van der Waals surface area contributed by atoms with Crippen molar-refractivity contribution in [2.24, 2.45) is 22.1 Å². The van der Waals surface area contributed by atoms with Crippen molar-refractivity contribution in [2.45, 2.75) is 65.5 Å². The number of piperidine rings is 1. The summed E-state index contributed by atoms with van der Waals surface area (Å²) < 4.78 is 0. The molecule has 0 spiro atoms. The molecule has 1 saturated heterocycles. The van der Waals surface area contributed by atoms with Crippen molar-refractivity contribution in [1.29, 1.82) is 0 Å². The Labute approximate surface area is 181 Å². The van der Waals surface area contributed by atoms with Crippen molar-refractivity contribution in [2.75, 3.05) is 26.2 Å². The smallest absolute Gasteiger partial charge is 0.221 e. The molecule has 0 radical (unpaired) electrons. The minimum atomic E-state index is -0.169. The van der Waals surface area contributed by atoms with Gasteiger partial charge in [-0.1, -0.05) is 37.6 Å². The maximum Gasteiger partial charge on any atom is 0.221 e. The van der Waals surface area contributed by atoms with Crippen LogP contribution in [-0.2, 0) is 17.9 Å². The van der Waals surface area contributed by atoms with Crippen molar-refractivity contribution in [3.63, 3.8) is 0 Å². The Kier molecular flexibility index (Phi) is 8.14. The minimum Gasteiger partial charge on any atom is -0.369 e. The van der Waals surface area contributed by atoms with Crippen LogP contribution >= 0.6 is 0 Å². The van der Waals surface area contributed by atoms with Crippen LogP contribution in [0.25, 0.3) is 0 Å². The number of rotatable bonds is 9. The number of hydrogen-bond acceptors (Lipinski definition) is 3. The molecule has 3 rings (SSSR count). The van der Waals surface area contributed by atoms with Gasteiger partial charge in [0.05, 0.1) is 12.5 Å². The van der Waals surface area contributed by atoms with Crippen LogP contribution in [-0.4, -0.2) is 42.9 Å². The van der Waals surface area contributed by atoms with Crippen LogP contribution in [0.1, 0.15) is 63.5 Å². The van der Waals surface area contributed by atoms with Gasteiger partial charge in [-0.2, -0.15) is 0 Å². The first-order chi connectivity index (χ1) is 14.5. The summed E-state index contributed by atoms with van der Waals surface area (Å²) in [6.07, 6.45) is 7.19. The number of amides is 1. The summed E-state index contributed by atoms with van der Waals surface area (Å²) in [5.41, 5.74) is 8.46. The molecule has 6 heteroatoms. The van der Waals surface area contributed by atoms with Gasteiger partial charge in [0.25, 0.3) is 0 Å². The van der Waals surface area contributed by atoms with Gasteiger partial charge in [-0.15, -0.1) is 0 Å². The molecule has 2 fully saturated rings. The van der Waals surface area contributed by atoms with Crippen molar-refractivity contribution in [3.8, 4) is 0 Å². The van der Waals surface area contributed by atoms with Crippen molar-refractivity contribution < 1.29 is 4.79 Å². The summed E-state index contributed by atoms with van der Waals surface area (Å²) in [6, 6.07) is 8.64. The number of carbonyl (C=O) groups excluding carboxylic acids is 1. The molecule has 6 nitrogen and oxygen atoms in total. The summed E-state index contributed by atoms with van der Waals surface area (Å²) in [5, 5.41) is 6.95. The Morgan fingerprint density at radius 2 is 2.03 bits per heavy atom. The topological polar surface area (TPSA) is 82.8 Å². The first kappa shape index (κ1) is 22.6. The normalized spacial score (nSPS) is 21.7. The predicted molar refractivity (Wildman–Crippen MR) is 123 cm³/mol. The highest BCUT2D eigenvalue weighted by atomic mass is 16.1. The second kappa shape index (κ2) is 10.8. The molecule has 1 aliphatic carbocycles. The first-order valence-electron chi connectivity index (χ1n) is 11.7. The van der Waals surface area contributed by atoms with Gasteiger partial charge < -0.3 is 16.4 Å². The standard InChI is InChI=1S/C24H39N5O/c1-3-24(11-7-12-24)18-28-23(26-4-2)27-15-19-8-5-9-20(14-19)16-29-13-6-10-21(17-29)22(25)30/h5,8-9,14,21H,3-4,6-7,10-13,15-18H2,1-2H3,(H2,25,30)(H2,26,27,28). The molecule has 4 N–H and O–H groups in total. The van der Waals surface area contributed by atoms with Crippen LogP contribution < -0.4 is 16.4 Å². The van der Waals surface area contributed by atoms with Crippen LogP contribution in [0.5, 0.6) is 0 Å². The second-order valence-electron chi connectivity index (χ2n) is 9.05. The molecule has 1 heterocycles. The van der Waals surface area contributed by atoms with E-state index >= 15 is 0 Å². The zero-order chi connectivity index (χ0) is 21.4. The van der Waals surface area contributed by atoms with E-state index in [1.54, 1.807) is 0 Å². The molecule has 30 heavy (non-hydrogen) atoms. The fourth-order valence-corrected chi connectivity index (χ4v) is 4.63. The number of nitrogens with one attached hydrogen (secondary N) is 2. The molecule has 1 saturated carbocycles. The van der Waals surface area contributed by atoms with E-state index in [0.717, 1.165) is 51.5 Å². The van der Waals surface area contributed by atoms with Gasteiger partial charge in [0, 0.05) is 26.2 Å². The van der Waals surface area contributed by atoms with Gasteiger partial charge in [-0.25, -0.2) is 4.99 Å². The van der Waals surface area contributed by atoms with Gasteiger partial charge in [0.15, 0.2) is 5.96 Å². The predicted octanol–water partition coefficient (Wildman–Crippen LogP) is 3.02. The highest BCUT2D eigenvalue weighted by molar-refractivity contribution is 5.79. The van der Waals surface area contributed by atoms with Crippen LogP contribution in [0.2, 0.25) is 0 Å². The highest BCUT2D eigenvalue weighted by Crippen LogP contribution is 2.42. The molecule has 1 aromatic carbocycles. The molecule has 1 atom stereocenters. The Morgan fingerprint density at radius 1 is 1.23 bits per heavy atom. The van der Waals surface area contributed by atoms with Crippen LogP contribution in [0, 0.1) is 11.3 Å². The van der Waals surface area contributed by atoms with Crippen LogP contribution in [0.15, 0.2) is 29.3 Å². The second-order valence-corrected chi connectivity index (χ2v) is 9.05. The van der Waals surface area contributed by atoms with E-state index < -0.39 is 0 Å². The molecule has 2 aliphatic rings. The third-order valence-corrected chi connectivity index (χ3v) is 6.86. The zero-order valence-corrected chi connectivity index (χ0v) is 18.8. The lowest BCUT2D eigenvalue weighted by Gasteiger charge is -2.41. The number of nitrogens with two attached hydrogens (primary N) is 1. The highest BCUT2D eigenvalue weighted by Gasteiger charge is 2.34. The van der Waals surface area contributed by atoms with Gasteiger partial charge in [0.2, 0.25) is 5.91 Å². The summed E-state index contributed by atoms with van der Waals surface area (Å²) >= 11 is 0. The summed E-state index contributed by atoms with van der Waals surface area (Å²) in [5.74, 6) is 0.725. The lowest BCUT2D eigenvalue weighted by Crippen LogP contribution is -2.46. The number of carbonyl (C=O) groups is 1. The third-order valence-electron chi connectivity index (χ3n) is 6.86. The summed E-state index contributed by atoms with van der Waals surface area (Å²) in [7, 11) is 0. The number of likely N-dealkylation sites (tertiary alicyclic amines) is 1. The van der Waals surface area contributed by atoms with Crippen molar-refractivity contribution >= 4 is 11.9 Å². The van der Waals surface area contributed by atoms with Gasteiger partial charge >= 0.3 is 0 Å². The number of guanidine groups is 1. The average Bonchev–Trinajstić information content (AvgIpc) is 2.72. The minimum absolute atomic E-state index is 0.0117. The molecular formula is C24H39N5O. The molecule has 1 amide bonds. The Balaban J connectivity index is 1.56. The maximum absolute atomic E-state index is 11.5. The van der Waals surface area contributed by atoms with Gasteiger partial charge in [0.1, 0.15) is 0 Å². The number of primary amides is 1. The van der Waals surface area contributed by atoms with E-state index in [4.69, 9.17) is 10.7 Å². The molecular weight excluding hydrogens is 374 g/mol. The van der Waals surface area contributed by atoms with Gasteiger partial charge in [-0.05, 0) is 62.1 Å². The molecule has 1 unspecified atom stereocenters. The summed E-state index contributed by atoms with van der Waals surface area (Å²) in [6.45, 7) is 9.58. The fraction of sp³-hybridized carbons (Fsp3) is 0.667. The van der Waals surface area contributed by atoms with Crippen molar-refractivity contribution in [3.05, 3.63) is 35.4 Å². The third kappa shape index (κ3) is 6.21. The Morgan fingerprint density at radius 3 is 2.70 bits per heavy atom. The van der Waals surface area contributed by atoms with Gasteiger partial charge in [-0.3, -0.25) is 9.69 Å². The van der Waals surface area contributed by atoms with E-state index in [9.17, 15) is 4.79 Å². The quantitative estimate of drug-likeness (QED) is 0.429. The summed E-state index contributed by atoms with van der Waals surface area (Å²) in [4.78, 5) is 18.7. The lowest BCUT2D eigenvalue weighted by atomic mass is 9.67. The number of nitrogens with zero attached hydrogens (tertiary/aromatic N) is 2. The molecule has 0 aromatic heterocycles. The molecule has 1 aliphatic heterocycles. The number of aliphatic imine (C=N–C) groups is 1. The van der Waals surface area contributed by atoms with E-state index in [0.29, 0.717) is 12.0 Å². The Hall–Kier alpha value is -2.08. The van der Waals surface area contributed by atoms with E-state index in [1.165, 1.54) is 36.8 Å². The first-order valence-corrected chi connectivity index (χ1v) is 11.7. The average molecular weight is 414 g/mol. The van der Waals surface area contributed by atoms with E-state index in [-0.39, 0.29) is 11.8 Å². The van der Waals surface area contributed by atoms with E-state index in [2.05, 4.69) is 53.6 Å². The number of hydrogen-bond donors (Lipinski definition) is 3. The van der Waals surface area contributed by atoms with Crippen LogP contribution in [0.3, 0.4) is 0 Å². The maximum atomic E-state index is 11.5. The fourth-order valence-electron chi connectivity index (χ4n) is 4.63. The Bertz CT molecular complexity index is 723. The molecule has 1 aromatic rings. The molecule has 166 valence electrons. The monoisotopic (exact) mass is 413 g/mol. The largest absolute Gasteiger partial charge is 0.369 e. The number of benzene rings is 1. The van der Waals surface area contributed by atoms with Crippen molar-refractivity contribution in [1.82, 2.24) is 15.5 Å². The molecule has 0 bridgehead atoms. The van der Waals surface area contributed by atoms with Crippen LogP contribution in [0.4, 0.5) is 0 Å². The lowest BCUT2D eigenvalue weighted by molar-refractivity contribution is -0.123. The van der Waals surface area contributed by atoms with E-state index in [1.807, 2.05) is 0 Å². The SMILES string of the molecule is CCNC(=NCc1cccc(CN2CCCC(C(N)=O)C2)c1)NCC1(CC)CCC1.